The molecule has 0 spiro atoms. The number of rotatable bonds is 10. The van der Waals surface area contributed by atoms with Gasteiger partial charge in [-0.1, -0.05) is 38.4 Å². The Hall–Kier alpha value is -0.770. The molecule has 0 aliphatic rings. The van der Waals surface area contributed by atoms with Gasteiger partial charge in [0, 0.05) is 43.0 Å². The molecule has 0 bridgehead atoms. The number of halogens is 1. The van der Waals surface area contributed by atoms with E-state index in [1.54, 1.807) is 7.11 Å². The molecular weight excluding hydrogens is 284 g/mol. The summed E-state index contributed by atoms with van der Waals surface area (Å²) in [4.78, 5) is 2.38. The summed E-state index contributed by atoms with van der Waals surface area (Å²) >= 11 is 6.43. The number of nitrogens with one attached hydrogen (secondary N) is 1. The van der Waals surface area contributed by atoms with Gasteiger partial charge in [0.15, 0.2) is 0 Å². The van der Waals surface area contributed by atoms with Gasteiger partial charge in [-0.05, 0) is 31.0 Å². The molecule has 1 N–H and O–H groups in total. The van der Waals surface area contributed by atoms with Crippen LogP contribution in [0.15, 0.2) is 18.2 Å². The van der Waals surface area contributed by atoms with Gasteiger partial charge in [0.05, 0.1) is 6.61 Å². The molecule has 0 saturated heterocycles. The van der Waals surface area contributed by atoms with Crippen molar-refractivity contribution in [2.24, 2.45) is 5.92 Å². The molecule has 1 rings (SSSR count). The van der Waals surface area contributed by atoms with Gasteiger partial charge in [-0.2, -0.15) is 0 Å². The van der Waals surface area contributed by atoms with E-state index in [2.05, 4.69) is 37.1 Å². The number of benzene rings is 1. The number of hydrogen-bond donors (Lipinski definition) is 1. The zero-order chi connectivity index (χ0) is 15.7. The van der Waals surface area contributed by atoms with Gasteiger partial charge in [-0.25, -0.2) is 0 Å². The highest BCUT2D eigenvalue weighted by Gasteiger charge is 2.14. The lowest BCUT2D eigenvalue weighted by Crippen LogP contribution is -2.32. The first-order valence-electron chi connectivity index (χ1n) is 7.82. The lowest BCUT2D eigenvalue weighted by molar-refractivity contribution is 0.204. The monoisotopic (exact) mass is 312 g/mol. The Morgan fingerprint density at radius 3 is 2.71 bits per heavy atom. The average molecular weight is 313 g/mol. The van der Waals surface area contributed by atoms with Gasteiger partial charge < -0.3 is 15.0 Å². The van der Waals surface area contributed by atoms with E-state index < -0.39 is 0 Å². The number of anilines is 1. The van der Waals surface area contributed by atoms with Gasteiger partial charge in [-0.3, -0.25) is 0 Å². The second-order valence-corrected chi connectivity index (χ2v) is 6.15. The summed E-state index contributed by atoms with van der Waals surface area (Å²) in [6, 6.07) is 6.16. The Balaban J connectivity index is 2.95. The van der Waals surface area contributed by atoms with Crippen LogP contribution in [-0.2, 0) is 11.3 Å². The highest BCUT2D eigenvalue weighted by Crippen LogP contribution is 2.28. The molecule has 0 radical (unpaired) electrons. The van der Waals surface area contributed by atoms with Crippen LogP contribution in [0, 0.1) is 5.92 Å². The Morgan fingerprint density at radius 1 is 1.33 bits per heavy atom. The van der Waals surface area contributed by atoms with Crippen molar-refractivity contribution >= 4 is 17.3 Å². The molecule has 0 fully saturated rings. The molecule has 0 aromatic heterocycles. The fraction of sp³-hybridized carbons (Fsp3) is 0.647. The van der Waals surface area contributed by atoms with Crippen LogP contribution >= 0.6 is 11.6 Å². The first-order chi connectivity index (χ1) is 10.1. The maximum atomic E-state index is 6.43. The lowest BCUT2D eigenvalue weighted by Gasteiger charge is -2.29. The van der Waals surface area contributed by atoms with E-state index in [1.165, 1.54) is 11.3 Å². The Labute approximate surface area is 134 Å². The minimum Gasteiger partial charge on any atom is -0.383 e. The van der Waals surface area contributed by atoms with Gasteiger partial charge in [0.2, 0.25) is 0 Å². The lowest BCUT2D eigenvalue weighted by atomic mass is 10.1. The summed E-state index contributed by atoms with van der Waals surface area (Å²) in [7, 11) is 1.75. The van der Waals surface area contributed by atoms with Crippen molar-refractivity contribution in [3.8, 4) is 0 Å². The highest BCUT2D eigenvalue weighted by molar-refractivity contribution is 6.31. The van der Waals surface area contributed by atoms with Gasteiger partial charge >= 0.3 is 0 Å². The minimum absolute atomic E-state index is 0.595. The zero-order valence-electron chi connectivity index (χ0n) is 13.8. The van der Waals surface area contributed by atoms with Gasteiger partial charge in [0.1, 0.15) is 0 Å². The zero-order valence-corrected chi connectivity index (χ0v) is 14.5. The minimum atomic E-state index is 0.595. The van der Waals surface area contributed by atoms with Crippen molar-refractivity contribution in [1.82, 2.24) is 5.32 Å². The largest absolute Gasteiger partial charge is 0.383 e. The number of nitrogens with zero attached hydrogens (tertiary/aromatic N) is 1. The average Bonchev–Trinajstić information content (AvgIpc) is 2.45. The molecule has 0 amide bonds. The smallest absolute Gasteiger partial charge is 0.0637 e. The molecule has 0 heterocycles. The Morgan fingerprint density at radius 2 is 2.10 bits per heavy atom. The summed E-state index contributed by atoms with van der Waals surface area (Å²) in [5.74, 6) is 0.595. The van der Waals surface area contributed by atoms with Crippen LogP contribution in [0.25, 0.3) is 0 Å². The molecular formula is C17H29ClN2O. The van der Waals surface area contributed by atoms with Crippen LogP contribution in [0.5, 0.6) is 0 Å². The third-order valence-electron chi connectivity index (χ3n) is 3.31. The molecule has 3 nitrogen and oxygen atoms in total. The second-order valence-electron chi connectivity index (χ2n) is 5.75. The van der Waals surface area contributed by atoms with Crippen LogP contribution in [0.1, 0.15) is 32.8 Å². The molecule has 0 atom stereocenters. The van der Waals surface area contributed by atoms with E-state index in [0.717, 1.165) is 44.2 Å². The van der Waals surface area contributed by atoms with E-state index in [4.69, 9.17) is 16.3 Å². The normalized spacial score (nSPS) is 11.1. The number of methoxy groups -OCH3 is 1. The van der Waals surface area contributed by atoms with E-state index in [-0.39, 0.29) is 0 Å². The summed E-state index contributed by atoms with van der Waals surface area (Å²) < 4.78 is 5.25. The highest BCUT2D eigenvalue weighted by atomic mass is 35.5. The fourth-order valence-electron chi connectivity index (χ4n) is 2.36. The predicted octanol–water partition coefficient (Wildman–Crippen LogP) is 3.95. The van der Waals surface area contributed by atoms with Crippen molar-refractivity contribution in [2.45, 2.75) is 33.7 Å². The van der Waals surface area contributed by atoms with Crippen LogP contribution < -0.4 is 10.2 Å². The summed E-state index contributed by atoms with van der Waals surface area (Å²) in [6.07, 6.45) is 1.12. The first kappa shape index (κ1) is 18.3. The summed E-state index contributed by atoms with van der Waals surface area (Å²) in [5.41, 5.74) is 2.40. The second kappa shape index (κ2) is 10.0. The van der Waals surface area contributed by atoms with Gasteiger partial charge in [-0.15, -0.1) is 0 Å². The van der Waals surface area contributed by atoms with Crippen molar-refractivity contribution in [3.05, 3.63) is 28.8 Å². The molecule has 1 aromatic carbocycles. The number of hydrogen-bond acceptors (Lipinski definition) is 3. The quantitative estimate of drug-likeness (QED) is 0.662. The standard InChI is InChI=1S/C17H29ClN2O/c1-5-9-19-12-15-16(18)7-6-8-17(15)20(10-11-21-4)13-14(2)3/h6-8,14,19H,5,9-13H2,1-4H3. The number of ether oxygens (including phenoxy) is 1. The maximum Gasteiger partial charge on any atom is 0.0637 e. The first-order valence-corrected chi connectivity index (χ1v) is 8.19. The van der Waals surface area contributed by atoms with E-state index in [1.807, 2.05) is 12.1 Å². The topological polar surface area (TPSA) is 24.5 Å². The molecule has 1 aromatic rings. The third-order valence-corrected chi connectivity index (χ3v) is 3.67. The van der Waals surface area contributed by atoms with Gasteiger partial charge in [0.25, 0.3) is 0 Å². The Bertz CT molecular complexity index is 410. The van der Waals surface area contributed by atoms with Crippen molar-refractivity contribution in [2.75, 3.05) is 38.3 Å². The molecule has 0 aliphatic heterocycles. The van der Waals surface area contributed by atoms with Crippen molar-refractivity contribution < 1.29 is 4.74 Å². The van der Waals surface area contributed by atoms with Crippen molar-refractivity contribution in [3.63, 3.8) is 0 Å². The maximum absolute atomic E-state index is 6.43. The summed E-state index contributed by atoms with van der Waals surface area (Å²) in [5, 5.41) is 4.29. The molecule has 21 heavy (non-hydrogen) atoms. The molecule has 0 saturated carbocycles. The SMILES string of the molecule is CCCNCc1c(Cl)cccc1N(CCOC)CC(C)C. The summed E-state index contributed by atoms with van der Waals surface area (Å²) in [6.45, 7) is 11.1. The van der Waals surface area contributed by atoms with Crippen LogP contribution in [0.2, 0.25) is 5.02 Å². The molecule has 0 aliphatic carbocycles. The van der Waals surface area contributed by atoms with E-state index in [0.29, 0.717) is 5.92 Å². The molecule has 0 unspecified atom stereocenters. The van der Waals surface area contributed by atoms with Crippen LogP contribution in [0.4, 0.5) is 5.69 Å². The van der Waals surface area contributed by atoms with Crippen molar-refractivity contribution in [1.29, 1.82) is 0 Å². The van der Waals surface area contributed by atoms with E-state index in [9.17, 15) is 0 Å². The fourth-order valence-corrected chi connectivity index (χ4v) is 2.60. The molecule has 120 valence electrons. The molecule has 4 heteroatoms. The van der Waals surface area contributed by atoms with Crippen LogP contribution in [0.3, 0.4) is 0 Å². The predicted molar refractivity (Wildman–Crippen MR) is 92.4 cm³/mol. The van der Waals surface area contributed by atoms with E-state index >= 15 is 0 Å². The van der Waals surface area contributed by atoms with Crippen LogP contribution in [-0.4, -0.2) is 33.4 Å². The third kappa shape index (κ3) is 6.25. The Kier molecular flexibility index (Phi) is 8.74.